The molecule has 2 heterocycles. The summed E-state index contributed by atoms with van der Waals surface area (Å²) in [6.07, 6.45) is 7.45. The van der Waals surface area contributed by atoms with E-state index >= 15 is 0 Å². The zero-order valence-corrected chi connectivity index (χ0v) is 17.6. The molecule has 2 aliphatic heterocycles. The molecule has 3 rings (SSSR count). The van der Waals surface area contributed by atoms with Gasteiger partial charge in [0.25, 0.3) is 5.91 Å². The molecule has 6 nitrogen and oxygen atoms in total. The second-order valence-corrected chi connectivity index (χ2v) is 7.70. The summed E-state index contributed by atoms with van der Waals surface area (Å²) < 4.78 is 5.74. The molecule has 0 aromatic heterocycles. The van der Waals surface area contributed by atoms with Crippen LogP contribution in [0, 0.1) is 0 Å². The maximum absolute atomic E-state index is 12.5. The Bertz CT molecular complexity index is 656. The predicted octanol–water partition coefficient (Wildman–Crippen LogP) is 3.74. The zero-order chi connectivity index (χ0) is 19.2. The number of rotatable bonds is 7. The lowest BCUT2D eigenvalue weighted by molar-refractivity contribution is 0.0956. The number of halogens is 1. The third-order valence-electron chi connectivity index (χ3n) is 5.80. The summed E-state index contributed by atoms with van der Waals surface area (Å²) in [6, 6.07) is 7.87. The van der Waals surface area contributed by atoms with Crippen LogP contribution < -0.4 is 15.4 Å². The Morgan fingerprint density at radius 2 is 1.82 bits per heavy atom. The van der Waals surface area contributed by atoms with Crippen molar-refractivity contribution >= 4 is 24.3 Å². The number of imide groups is 1. The molecular weight excluding hydrogens is 378 g/mol. The second kappa shape index (κ2) is 10.7. The average molecular weight is 410 g/mol. The number of para-hydroxylation sites is 1. The molecule has 7 heteroatoms. The van der Waals surface area contributed by atoms with Crippen LogP contribution in [-0.4, -0.2) is 48.6 Å². The molecule has 1 aromatic rings. The molecule has 2 aliphatic rings. The highest BCUT2D eigenvalue weighted by molar-refractivity contribution is 6.05. The van der Waals surface area contributed by atoms with Gasteiger partial charge >= 0.3 is 6.03 Å². The van der Waals surface area contributed by atoms with Gasteiger partial charge in [0, 0.05) is 18.1 Å². The Morgan fingerprint density at radius 3 is 2.50 bits per heavy atom. The topological polar surface area (TPSA) is 70.7 Å². The van der Waals surface area contributed by atoms with Gasteiger partial charge in [0.15, 0.2) is 0 Å². The van der Waals surface area contributed by atoms with Gasteiger partial charge in [-0.3, -0.25) is 10.1 Å². The van der Waals surface area contributed by atoms with E-state index in [1.165, 1.54) is 12.8 Å². The van der Waals surface area contributed by atoms with E-state index in [1.807, 2.05) is 6.07 Å². The summed E-state index contributed by atoms with van der Waals surface area (Å²) in [4.78, 5) is 27.3. The number of carbonyl (C=O) groups excluding carboxylic acids is 2. The van der Waals surface area contributed by atoms with Crippen molar-refractivity contribution in [3.05, 3.63) is 29.8 Å². The number of carbonyl (C=O) groups is 2. The first-order chi connectivity index (χ1) is 13.1. The fourth-order valence-corrected chi connectivity index (χ4v) is 4.24. The standard InChI is InChI=1S/C21H31N3O3.ClH/c1-3-4-7-12-27-19-9-6-5-8-18(19)20(25)23-21(26)22-15-13-16-10-11-17(14-15)24(16)2;/h5-6,8-9,15-17H,3-4,7,10-14H2,1-2H3,(H2,22,23,25,26);1H. The van der Waals surface area contributed by atoms with Crippen LogP contribution in [0.25, 0.3) is 0 Å². The van der Waals surface area contributed by atoms with E-state index in [2.05, 4.69) is 29.5 Å². The first-order valence-corrected chi connectivity index (χ1v) is 10.1. The van der Waals surface area contributed by atoms with E-state index in [4.69, 9.17) is 4.74 Å². The molecule has 0 saturated carbocycles. The summed E-state index contributed by atoms with van der Waals surface area (Å²) >= 11 is 0. The molecule has 2 unspecified atom stereocenters. The third kappa shape index (κ3) is 5.61. The van der Waals surface area contributed by atoms with E-state index in [1.54, 1.807) is 18.2 Å². The van der Waals surface area contributed by atoms with Crippen LogP contribution in [0.4, 0.5) is 4.79 Å². The van der Waals surface area contributed by atoms with E-state index in [9.17, 15) is 9.59 Å². The van der Waals surface area contributed by atoms with E-state index < -0.39 is 11.9 Å². The van der Waals surface area contributed by atoms with Crippen molar-refractivity contribution in [2.45, 2.75) is 70.0 Å². The molecule has 2 saturated heterocycles. The number of piperidine rings is 1. The lowest BCUT2D eigenvalue weighted by Crippen LogP contribution is -2.51. The summed E-state index contributed by atoms with van der Waals surface area (Å²) in [5.41, 5.74) is 0.396. The van der Waals surface area contributed by atoms with E-state index in [0.717, 1.165) is 32.1 Å². The fourth-order valence-electron chi connectivity index (χ4n) is 4.24. The summed E-state index contributed by atoms with van der Waals surface area (Å²) in [6.45, 7) is 2.71. The minimum Gasteiger partial charge on any atom is -0.493 e. The van der Waals surface area contributed by atoms with Crippen LogP contribution in [-0.2, 0) is 0 Å². The molecule has 2 fully saturated rings. The number of nitrogens with one attached hydrogen (secondary N) is 2. The average Bonchev–Trinajstić information content (AvgIpc) is 2.86. The maximum atomic E-state index is 12.5. The molecule has 156 valence electrons. The van der Waals surface area contributed by atoms with Crippen molar-refractivity contribution in [2.24, 2.45) is 0 Å². The molecular formula is C21H32ClN3O3. The second-order valence-electron chi connectivity index (χ2n) is 7.70. The van der Waals surface area contributed by atoms with Gasteiger partial charge < -0.3 is 15.0 Å². The first-order valence-electron chi connectivity index (χ1n) is 10.1. The number of amides is 3. The number of hydrogen-bond donors (Lipinski definition) is 2. The fraction of sp³-hybridized carbons (Fsp3) is 0.619. The molecule has 28 heavy (non-hydrogen) atoms. The molecule has 0 radical (unpaired) electrons. The Balaban J connectivity index is 0.00000280. The number of hydrogen-bond acceptors (Lipinski definition) is 4. The smallest absolute Gasteiger partial charge is 0.321 e. The van der Waals surface area contributed by atoms with E-state index in [-0.39, 0.29) is 18.4 Å². The van der Waals surface area contributed by atoms with Gasteiger partial charge in [0.1, 0.15) is 5.75 Å². The van der Waals surface area contributed by atoms with Gasteiger partial charge in [-0.15, -0.1) is 12.4 Å². The number of ether oxygens (including phenoxy) is 1. The highest BCUT2D eigenvalue weighted by Crippen LogP contribution is 2.34. The Hall–Kier alpha value is -1.79. The van der Waals surface area contributed by atoms with Gasteiger partial charge in [0.05, 0.1) is 12.2 Å². The van der Waals surface area contributed by atoms with E-state index in [0.29, 0.717) is 30.0 Å². The largest absolute Gasteiger partial charge is 0.493 e. The van der Waals surface area contributed by atoms with Crippen molar-refractivity contribution in [2.75, 3.05) is 13.7 Å². The van der Waals surface area contributed by atoms with Gasteiger partial charge in [-0.05, 0) is 51.3 Å². The third-order valence-corrected chi connectivity index (χ3v) is 5.80. The summed E-state index contributed by atoms with van der Waals surface area (Å²) in [7, 11) is 2.17. The van der Waals surface area contributed by atoms with Crippen molar-refractivity contribution in [1.82, 2.24) is 15.5 Å². The van der Waals surface area contributed by atoms with Gasteiger partial charge in [-0.2, -0.15) is 0 Å². The van der Waals surface area contributed by atoms with Crippen LogP contribution in [0.5, 0.6) is 5.75 Å². The van der Waals surface area contributed by atoms with Gasteiger partial charge in [-0.1, -0.05) is 31.9 Å². The minimum atomic E-state index is -0.422. The molecule has 1 aromatic carbocycles. The Labute approximate surface area is 173 Å². The number of urea groups is 1. The van der Waals surface area contributed by atoms with Crippen LogP contribution in [0.2, 0.25) is 0 Å². The molecule has 0 spiro atoms. The maximum Gasteiger partial charge on any atom is 0.321 e. The molecule has 3 amide bonds. The molecule has 2 N–H and O–H groups in total. The van der Waals surface area contributed by atoms with Crippen LogP contribution in [0.15, 0.2) is 24.3 Å². The minimum absolute atomic E-state index is 0. The first kappa shape index (κ1) is 22.5. The monoisotopic (exact) mass is 409 g/mol. The Kier molecular flexibility index (Phi) is 8.58. The number of nitrogens with zero attached hydrogens (tertiary/aromatic N) is 1. The van der Waals surface area contributed by atoms with Crippen molar-refractivity contribution in [1.29, 1.82) is 0 Å². The zero-order valence-electron chi connectivity index (χ0n) is 16.8. The molecule has 2 bridgehead atoms. The van der Waals surface area contributed by atoms with Crippen LogP contribution >= 0.6 is 12.4 Å². The van der Waals surface area contributed by atoms with Gasteiger partial charge in [-0.25, -0.2) is 4.79 Å². The lowest BCUT2D eigenvalue weighted by atomic mass is 9.98. The highest BCUT2D eigenvalue weighted by Gasteiger charge is 2.38. The number of benzene rings is 1. The van der Waals surface area contributed by atoms with Crippen molar-refractivity contribution in [3.63, 3.8) is 0 Å². The van der Waals surface area contributed by atoms with Crippen molar-refractivity contribution < 1.29 is 14.3 Å². The van der Waals surface area contributed by atoms with Gasteiger partial charge in [0.2, 0.25) is 0 Å². The number of unbranched alkanes of at least 4 members (excludes halogenated alkanes) is 2. The quantitative estimate of drug-likeness (QED) is 0.673. The van der Waals surface area contributed by atoms with Crippen LogP contribution in [0.3, 0.4) is 0 Å². The molecule has 0 aliphatic carbocycles. The Morgan fingerprint density at radius 1 is 1.14 bits per heavy atom. The summed E-state index contributed by atoms with van der Waals surface area (Å²) in [5, 5.41) is 5.45. The lowest BCUT2D eigenvalue weighted by Gasteiger charge is -2.36. The predicted molar refractivity (Wildman–Crippen MR) is 112 cm³/mol. The molecule has 2 atom stereocenters. The number of fused-ring (bicyclic) bond motifs is 2. The van der Waals surface area contributed by atoms with Crippen LogP contribution in [0.1, 0.15) is 62.2 Å². The highest BCUT2D eigenvalue weighted by atomic mass is 35.5. The van der Waals surface area contributed by atoms with Crippen molar-refractivity contribution in [3.8, 4) is 5.75 Å². The summed E-state index contributed by atoms with van der Waals surface area (Å²) in [5.74, 6) is 0.103. The SMILES string of the molecule is CCCCCOc1ccccc1C(=O)NC(=O)NC1CC2CCC(C1)N2C.Cl. The normalized spacial score (nSPS) is 23.6.